The largest absolute Gasteiger partial charge is 0.496 e. The zero-order valence-corrected chi connectivity index (χ0v) is 20.4. The predicted molar refractivity (Wildman–Crippen MR) is 128 cm³/mol. The molecule has 0 radical (unpaired) electrons. The summed E-state index contributed by atoms with van der Waals surface area (Å²) in [6, 6.07) is 15.5. The molecule has 9 heteroatoms. The molecule has 0 aliphatic heterocycles. The van der Waals surface area contributed by atoms with Gasteiger partial charge in [-0.25, -0.2) is 0 Å². The summed E-state index contributed by atoms with van der Waals surface area (Å²) in [5.41, 5.74) is -2.18. The molecule has 0 N–H and O–H groups in total. The van der Waals surface area contributed by atoms with Crippen LogP contribution in [0.4, 0.5) is 0 Å². The van der Waals surface area contributed by atoms with Gasteiger partial charge in [-0.3, -0.25) is 9.59 Å². The Morgan fingerprint density at radius 3 is 1.53 bits per heavy atom. The van der Waals surface area contributed by atoms with Crippen LogP contribution in [0.15, 0.2) is 60.7 Å². The highest BCUT2D eigenvalue weighted by atomic mass is 31.2. The quantitative estimate of drug-likeness (QED) is 0.391. The van der Waals surface area contributed by atoms with Crippen LogP contribution in [-0.2, 0) is 4.57 Å². The van der Waals surface area contributed by atoms with E-state index in [1.807, 2.05) is 0 Å². The molecule has 0 heterocycles. The van der Waals surface area contributed by atoms with Crippen LogP contribution in [-0.4, -0.2) is 46.6 Å². The van der Waals surface area contributed by atoms with Gasteiger partial charge in [-0.05, 0) is 24.3 Å². The first-order valence-electron chi connectivity index (χ1n) is 10.1. The van der Waals surface area contributed by atoms with E-state index in [0.717, 1.165) is 0 Å². The van der Waals surface area contributed by atoms with Crippen LogP contribution in [0.3, 0.4) is 0 Å². The standard InChI is InChI=1S/C25H25O8P/c1-29-17-12-9-13-18(30-2)21(17)24(26)34(28,16-10-7-6-8-11-16)25(27)22-19(31-3)14-15-20(32-4)23(22)33-5/h6-15H,1-5H3. The normalized spacial score (nSPS) is 12.3. The Bertz CT molecular complexity index is 1230. The molecule has 0 fully saturated rings. The van der Waals surface area contributed by atoms with E-state index in [4.69, 9.17) is 23.7 Å². The zero-order chi connectivity index (χ0) is 24.9. The van der Waals surface area contributed by atoms with Crippen molar-refractivity contribution in [1.82, 2.24) is 0 Å². The van der Waals surface area contributed by atoms with Gasteiger partial charge in [0, 0.05) is 5.30 Å². The summed E-state index contributed by atoms with van der Waals surface area (Å²) in [6.45, 7) is 0. The summed E-state index contributed by atoms with van der Waals surface area (Å²) < 4.78 is 41.5. The molecule has 178 valence electrons. The first-order chi connectivity index (χ1) is 16.4. The van der Waals surface area contributed by atoms with Crippen LogP contribution in [0.1, 0.15) is 20.7 Å². The predicted octanol–water partition coefficient (Wildman–Crippen LogP) is 4.40. The maximum Gasteiger partial charge on any atom is 0.249 e. The molecular formula is C25H25O8P. The van der Waals surface area contributed by atoms with Gasteiger partial charge in [0.15, 0.2) is 11.5 Å². The minimum atomic E-state index is -4.54. The van der Waals surface area contributed by atoms with Crippen molar-refractivity contribution in [3.63, 3.8) is 0 Å². The molecule has 0 saturated heterocycles. The highest BCUT2D eigenvalue weighted by Gasteiger charge is 2.47. The van der Waals surface area contributed by atoms with Crippen LogP contribution in [0.5, 0.6) is 28.7 Å². The first-order valence-corrected chi connectivity index (χ1v) is 11.8. The van der Waals surface area contributed by atoms with Crippen LogP contribution in [0.2, 0.25) is 0 Å². The van der Waals surface area contributed by atoms with Gasteiger partial charge < -0.3 is 28.2 Å². The summed E-state index contributed by atoms with van der Waals surface area (Å²) >= 11 is 0. The van der Waals surface area contributed by atoms with Gasteiger partial charge in [0.2, 0.25) is 18.2 Å². The number of carbonyl (C=O) groups excluding carboxylic acids is 2. The Kier molecular flexibility index (Phi) is 7.64. The van der Waals surface area contributed by atoms with E-state index in [-0.39, 0.29) is 45.2 Å². The fraction of sp³-hybridized carbons (Fsp3) is 0.200. The molecule has 8 nitrogen and oxygen atoms in total. The van der Waals surface area contributed by atoms with E-state index in [1.165, 1.54) is 65.9 Å². The third-order valence-electron chi connectivity index (χ3n) is 5.27. The lowest BCUT2D eigenvalue weighted by molar-refractivity contribution is 0.103. The van der Waals surface area contributed by atoms with Crippen LogP contribution in [0, 0.1) is 0 Å². The van der Waals surface area contributed by atoms with E-state index >= 15 is 0 Å². The number of hydrogen-bond donors (Lipinski definition) is 0. The summed E-state index contributed by atoms with van der Waals surface area (Å²) in [5.74, 6) is 0.547. The van der Waals surface area contributed by atoms with Crippen LogP contribution < -0.4 is 29.0 Å². The maximum absolute atomic E-state index is 14.7. The Hall–Kier alpha value is -3.77. The van der Waals surface area contributed by atoms with Gasteiger partial charge in [0.1, 0.15) is 28.4 Å². The Balaban J connectivity index is 2.38. The SMILES string of the molecule is COc1ccc(OC)c(C(=O)P(=O)(C(=O)c2c(OC)cccc2OC)c2ccccc2)c1OC. The van der Waals surface area contributed by atoms with Gasteiger partial charge >= 0.3 is 0 Å². The molecule has 0 aliphatic carbocycles. The number of hydrogen-bond acceptors (Lipinski definition) is 8. The molecule has 0 spiro atoms. The lowest BCUT2D eigenvalue weighted by atomic mass is 10.1. The molecule has 1 unspecified atom stereocenters. The average Bonchev–Trinajstić information content (AvgIpc) is 2.90. The van der Waals surface area contributed by atoms with Gasteiger partial charge in [-0.1, -0.05) is 36.4 Å². The molecule has 1 atom stereocenters. The molecule has 0 amide bonds. The van der Waals surface area contributed by atoms with E-state index in [2.05, 4.69) is 0 Å². The van der Waals surface area contributed by atoms with Crippen molar-refractivity contribution >= 4 is 23.5 Å². The molecule has 0 aliphatic rings. The second kappa shape index (κ2) is 10.4. The fourth-order valence-electron chi connectivity index (χ4n) is 3.62. The van der Waals surface area contributed by atoms with Gasteiger partial charge in [-0.15, -0.1) is 0 Å². The summed E-state index contributed by atoms with van der Waals surface area (Å²) in [5, 5.41) is 0.0462. The molecule has 34 heavy (non-hydrogen) atoms. The highest BCUT2D eigenvalue weighted by Crippen LogP contribution is 2.56. The first kappa shape index (κ1) is 24.9. The average molecular weight is 484 g/mol. The molecule has 0 saturated carbocycles. The van der Waals surface area contributed by atoms with E-state index < -0.39 is 18.2 Å². The minimum absolute atomic E-state index is 0.00259. The van der Waals surface area contributed by atoms with Crippen molar-refractivity contribution < 1.29 is 37.8 Å². The lowest BCUT2D eigenvalue weighted by Crippen LogP contribution is -2.22. The molecule has 3 rings (SSSR count). The number of rotatable bonds is 10. The minimum Gasteiger partial charge on any atom is -0.496 e. The molecular weight excluding hydrogens is 459 g/mol. The maximum atomic E-state index is 14.7. The second-order valence-electron chi connectivity index (χ2n) is 6.97. The van der Waals surface area contributed by atoms with Gasteiger partial charge in [0.25, 0.3) is 0 Å². The van der Waals surface area contributed by atoms with Crippen molar-refractivity contribution in [2.75, 3.05) is 35.5 Å². The fourth-order valence-corrected chi connectivity index (χ4v) is 5.93. The third-order valence-corrected chi connectivity index (χ3v) is 7.89. The highest BCUT2D eigenvalue weighted by molar-refractivity contribution is 8.01. The van der Waals surface area contributed by atoms with E-state index in [1.54, 1.807) is 30.3 Å². The summed E-state index contributed by atoms with van der Waals surface area (Å²) in [7, 11) is 2.30. The summed E-state index contributed by atoms with van der Waals surface area (Å²) in [6.07, 6.45) is 0. The van der Waals surface area contributed by atoms with Crippen molar-refractivity contribution in [2.45, 2.75) is 0 Å². The van der Waals surface area contributed by atoms with Crippen LogP contribution >= 0.6 is 7.14 Å². The van der Waals surface area contributed by atoms with Gasteiger partial charge in [0.05, 0.1) is 35.5 Å². The number of methoxy groups -OCH3 is 5. The Morgan fingerprint density at radius 2 is 1.03 bits per heavy atom. The van der Waals surface area contributed by atoms with Crippen molar-refractivity contribution in [3.05, 3.63) is 71.8 Å². The number of ether oxygens (including phenoxy) is 5. The smallest absolute Gasteiger partial charge is 0.249 e. The molecule has 3 aromatic carbocycles. The van der Waals surface area contributed by atoms with Crippen molar-refractivity contribution in [3.8, 4) is 28.7 Å². The molecule has 0 bridgehead atoms. The van der Waals surface area contributed by atoms with E-state index in [0.29, 0.717) is 0 Å². The number of carbonyl (C=O) groups is 2. The zero-order valence-electron chi connectivity index (χ0n) is 19.5. The van der Waals surface area contributed by atoms with E-state index in [9.17, 15) is 14.2 Å². The second-order valence-corrected chi connectivity index (χ2v) is 9.52. The van der Waals surface area contributed by atoms with Gasteiger partial charge in [-0.2, -0.15) is 0 Å². The number of benzene rings is 3. The Morgan fingerprint density at radius 1 is 0.559 bits per heavy atom. The molecule has 3 aromatic rings. The van der Waals surface area contributed by atoms with Crippen LogP contribution in [0.25, 0.3) is 0 Å². The Labute approximate surface area is 197 Å². The third kappa shape index (κ3) is 4.13. The molecule has 0 aromatic heterocycles. The lowest BCUT2D eigenvalue weighted by Gasteiger charge is -2.22. The van der Waals surface area contributed by atoms with Crippen molar-refractivity contribution in [2.24, 2.45) is 0 Å². The summed E-state index contributed by atoms with van der Waals surface area (Å²) in [4.78, 5) is 28.2. The topological polar surface area (TPSA) is 97.4 Å². The van der Waals surface area contributed by atoms with Crippen molar-refractivity contribution in [1.29, 1.82) is 0 Å². The monoisotopic (exact) mass is 484 g/mol.